The molecule has 2 heterocycles. The van der Waals surface area contributed by atoms with Crippen LogP contribution in [0.2, 0.25) is 0 Å². The number of hydrazone groups is 1. The van der Waals surface area contributed by atoms with Crippen molar-refractivity contribution in [1.82, 2.24) is 19.1 Å². The van der Waals surface area contributed by atoms with Crippen LogP contribution in [-0.4, -0.2) is 41.5 Å². The third-order valence-corrected chi connectivity index (χ3v) is 5.50. The van der Waals surface area contributed by atoms with Crippen molar-refractivity contribution in [2.24, 2.45) is 12.1 Å². The van der Waals surface area contributed by atoms with Crippen LogP contribution in [0.25, 0.3) is 17.2 Å². The van der Waals surface area contributed by atoms with E-state index in [9.17, 15) is 14.7 Å². The van der Waals surface area contributed by atoms with Crippen LogP contribution >= 0.6 is 15.9 Å². The Hall–Kier alpha value is -3.96. The summed E-state index contributed by atoms with van der Waals surface area (Å²) >= 11 is 3.37. The lowest BCUT2D eigenvalue weighted by Crippen LogP contribution is -2.30. The Morgan fingerprint density at radius 3 is 2.60 bits per heavy atom. The molecule has 0 aliphatic rings. The molecular formula is C24H23BrN6O4. The fourth-order valence-electron chi connectivity index (χ4n) is 3.34. The number of aryl methyl sites for hydroxylation is 1. The van der Waals surface area contributed by atoms with E-state index in [-0.39, 0.29) is 30.3 Å². The number of nitrogens with zero attached hydrogens (tertiary/aromatic N) is 4. The summed E-state index contributed by atoms with van der Waals surface area (Å²) in [6.07, 6.45) is 2.65. The Labute approximate surface area is 208 Å². The molecule has 1 atom stereocenters. The molecule has 0 bridgehead atoms. The number of aromatic amines is 1. The second-order valence-corrected chi connectivity index (χ2v) is 8.42. The summed E-state index contributed by atoms with van der Waals surface area (Å²) in [5.41, 5.74) is 2.88. The smallest absolute Gasteiger partial charge is 0.329 e. The van der Waals surface area contributed by atoms with Gasteiger partial charge in [0.2, 0.25) is 5.95 Å². The van der Waals surface area contributed by atoms with Crippen LogP contribution < -0.4 is 21.4 Å². The fourth-order valence-corrected chi connectivity index (χ4v) is 3.56. The van der Waals surface area contributed by atoms with E-state index in [1.54, 1.807) is 18.2 Å². The molecule has 11 heteroatoms. The second kappa shape index (κ2) is 11.0. The first-order valence-electron chi connectivity index (χ1n) is 10.7. The molecule has 2 aromatic heterocycles. The van der Waals surface area contributed by atoms with E-state index in [2.05, 4.69) is 36.4 Å². The average Bonchev–Trinajstić information content (AvgIpc) is 3.23. The van der Waals surface area contributed by atoms with E-state index in [4.69, 9.17) is 4.74 Å². The van der Waals surface area contributed by atoms with Crippen molar-refractivity contribution in [3.05, 3.63) is 93.1 Å². The highest BCUT2D eigenvalue weighted by molar-refractivity contribution is 9.18. The van der Waals surface area contributed by atoms with Crippen LogP contribution in [0.4, 0.5) is 5.95 Å². The number of hydrogen-bond donors (Lipinski definition) is 3. The zero-order chi connectivity index (χ0) is 24.8. The monoisotopic (exact) mass is 538 g/mol. The molecule has 10 nitrogen and oxygen atoms in total. The summed E-state index contributed by atoms with van der Waals surface area (Å²) in [7, 11) is 1.50. The molecular weight excluding hydrogens is 516 g/mol. The van der Waals surface area contributed by atoms with Crippen LogP contribution in [-0.2, 0) is 13.6 Å². The number of para-hydroxylation sites is 1. The number of aromatic nitrogens is 4. The molecule has 0 saturated carbocycles. The minimum atomic E-state index is -0.977. The number of ether oxygens (including phenoxy) is 1. The summed E-state index contributed by atoms with van der Waals surface area (Å²) in [5.74, 6) is 0.787. The van der Waals surface area contributed by atoms with Crippen LogP contribution in [0, 0.1) is 0 Å². The van der Waals surface area contributed by atoms with Gasteiger partial charge >= 0.3 is 5.69 Å². The standard InChI is InChI=1S/C24H23BrN6O4/c1-30-21-20(22(33)27-24(30)34)31(14-17(32)15-35-18-10-6-3-7-11-18)23(26-21)29-28-19(25)13-12-16-8-4-2-5-9-16/h2-13,17,32H,14-15H2,1H3,(H,26,29)(H,27,33,34)/b13-12+,28-19+/t17-/m1/s1. The molecule has 0 aliphatic heterocycles. The Morgan fingerprint density at radius 1 is 1.20 bits per heavy atom. The Kier molecular flexibility index (Phi) is 7.58. The SMILES string of the molecule is Cn1c(=O)[nH]c(=O)c2c1nc(N/N=C(Br)\C=C\c1ccccc1)n2C[C@@H](O)COc1ccccc1. The van der Waals surface area contributed by atoms with Crippen molar-refractivity contribution >= 4 is 43.7 Å². The van der Waals surface area contributed by atoms with Gasteiger partial charge in [-0.2, -0.15) is 10.1 Å². The summed E-state index contributed by atoms with van der Waals surface area (Å²) in [6, 6.07) is 18.8. The highest BCUT2D eigenvalue weighted by Gasteiger charge is 2.20. The summed E-state index contributed by atoms with van der Waals surface area (Å²) in [4.78, 5) is 31.3. The molecule has 35 heavy (non-hydrogen) atoms. The van der Waals surface area contributed by atoms with Gasteiger partial charge in [0, 0.05) is 7.05 Å². The topological polar surface area (TPSA) is 127 Å². The van der Waals surface area contributed by atoms with E-state index < -0.39 is 17.4 Å². The number of halogens is 1. The van der Waals surface area contributed by atoms with Crippen molar-refractivity contribution in [3.8, 4) is 5.75 Å². The van der Waals surface area contributed by atoms with Gasteiger partial charge in [0.05, 0.1) is 6.54 Å². The molecule has 180 valence electrons. The predicted octanol–water partition coefficient (Wildman–Crippen LogP) is 2.70. The molecule has 0 radical (unpaired) electrons. The van der Waals surface area contributed by atoms with E-state index >= 15 is 0 Å². The van der Waals surface area contributed by atoms with E-state index in [1.165, 1.54) is 16.2 Å². The van der Waals surface area contributed by atoms with Gasteiger partial charge in [0.1, 0.15) is 23.1 Å². The number of hydrogen-bond acceptors (Lipinski definition) is 7. The molecule has 2 aromatic carbocycles. The van der Waals surface area contributed by atoms with Gasteiger partial charge in [-0.15, -0.1) is 0 Å². The van der Waals surface area contributed by atoms with E-state index in [0.29, 0.717) is 10.4 Å². The summed E-state index contributed by atoms with van der Waals surface area (Å²) < 4.78 is 8.78. The first-order valence-corrected chi connectivity index (χ1v) is 11.5. The largest absolute Gasteiger partial charge is 0.491 e. The second-order valence-electron chi connectivity index (χ2n) is 7.60. The molecule has 0 spiro atoms. The number of H-pyrrole nitrogens is 1. The maximum absolute atomic E-state index is 12.6. The highest BCUT2D eigenvalue weighted by Crippen LogP contribution is 2.17. The number of nitrogens with one attached hydrogen (secondary N) is 2. The highest BCUT2D eigenvalue weighted by atomic mass is 79.9. The number of fused-ring (bicyclic) bond motifs is 1. The van der Waals surface area contributed by atoms with Gasteiger partial charge in [-0.05, 0) is 39.7 Å². The Bertz CT molecular complexity index is 1480. The zero-order valence-electron chi connectivity index (χ0n) is 18.8. The minimum Gasteiger partial charge on any atom is -0.491 e. The average molecular weight is 539 g/mol. The van der Waals surface area contributed by atoms with Gasteiger partial charge in [-0.3, -0.25) is 14.3 Å². The van der Waals surface area contributed by atoms with Crippen molar-refractivity contribution < 1.29 is 9.84 Å². The lowest BCUT2D eigenvalue weighted by atomic mass is 10.2. The van der Waals surface area contributed by atoms with Crippen molar-refractivity contribution in [2.75, 3.05) is 12.0 Å². The number of aliphatic hydroxyl groups excluding tert-OH is 1. The van der Waals surface area contributed by atoms with Crippen molar-refractivity contribution in [1.29, 1.82) is 0 Å². The number of rotatable bonds is 9. The first-order chi connectivity index (χ1) is 16.9. The number of anilines is 1. The van der Waals surface area contributed by atoms with Crippen molar-refractivity contribution in [3.63, 3.8) is 0 Å². The third-order valence-electron chi connectivity index (χ3n) is 5.06. The van der Waals surface area contributed by atoms with Crippen LogP contribution in [0.3, 0.4) is 0 Å². The van der Waals surface area contributed by atoms with Gasteiger partial charge < -0.3 is 14.4 Å². The number of allylic oxidation sites excluding steroid dienone is 1. The lowest BCUT2D eigenvalue weighted by Gasteiger charge is -2.15. The summed E-state index contributed by atoms with van der Waals surface area (Å²) in [6.45, 7) is -0.0421. The molecule has 4 aromatic rings. The molecule has 3 N–H and O–H groups in total. The van der Waals surface area contributed by atoms with Crippen molar-refractivity contribution in [2.45, 2.75) is 12.6 Å². The van der Waals surface area contributed by atoms with Gasteiger partial charge in [0.15, 0.2) is 11.2 Å². The molecule has 0 aliphatic carbocycles. The van der Waals surface area contributed by atoms with Gasteiger partial charge in [-0.25, -0.2) is 10.2 Å². The molecule has 0 unspecified atom stereocenters. The van der Waals surface area contributed by atoms with Crippen LogP contribution in [0.1, 0.15) is 5.56 Å². The maximum Gasteiger partial charge on any atom is 0.329 e. The predicted molar refractivity (Wildman–Crippen MR) is 139 cm³/mol. The molecule has 4 rings (SSSR count). The first kappa shape index (κ1) is 24.2. The molecule has 0 fully saturated rings. The fraction of sp³-hybridized carbons (Fsp3) is 0.167. The third kappa shape index (κ3) is 5.94. The normalized spacial score (nSPS) is 12.8. The van der Waals surface area contributed by atoms with Crippen LogP contribution in [0.15, 0.2) is 81.4 Å². The lowest BCUT2D eigenvalue weighted by molar-refractivity contribution is 0.0938. The van der Waals surface area contributed by atoms with E-state index in [1.807, 2.05) is 54.6 Å². The Balaban J connectivity index is 1.60. The quantitative estimate of drug-likeness (QED) is 0.222. The minimum absolute atomic E-state index is 0.0143. The number of imidazole rings is 1. The molecule has 0 saturated heterocycles. The van der Waals surface area contributed by atoms with E-state index in [0.717, 1.165) is 5.56 Å². The number of aliphatic hydroxyl groups is 1. The zero-order valence-corrected chi connectivity index (χ0v) is 20.3. The summed E-state index contributed by atoms with van der Waals surface area (Å²) in [5, 5.41) is 14.9. The van der Waals surface area contributed by atoms with Crippen LogP contribution in [0.5, 0.6) is 5.75 Å². The molecule has 0 amide bonds. The van der Waals surface area contributed by atoms with Gasteiger partial charge in [-0.1, -0.05) is 54.6 Å². The maximum atomic E-state index is 12.6. The Morgan fingerprint density at radius 2 is 1.89 bits per heavy atom. The van der Waals surface area contributed by atoms with Gasteiger partial charge in [0.25, 0.3) is 5.56 Å². The number of benzene rings is 2.